The highest BCUT2D eigenvalue weighted by molar-refractivity contribution is 7.89. The van der Waals surface area contributed by atoms with Gasteiger partial charge in [0.05, 0.1) is 18.5 Å². The Kier molecular flexibility index (Phi) is 7.96. The first-order chi connectivity index (χ1) is 14.8. The van der Waals surface area contributed by atoms with E-state index in [2.05, 4.69) is 45.3 Å². The van der Waals surface area contributed by atoms with Crippen LogP contribution in [-0.4, -0.2) is 86.8 Å². The van der Waals surface area contributed by atoms with Gasteiger partial charge >= 0.3 is 0 Å². The van der Waals surface area contributed by atoms with Crippen LogP contribution in [0, 0.1) is 6.92 Å². The van der Waals surface area contributed by atoms with E-state index in [0.29, 0.717) is 26.2 Å². The summed E-state index contributed by atoms with van der Waals surface area (Å²) in [4.78, 5) is 9.97. The molecule has 1 fully saturated rings. The van der Waals surface area contributed by atoms with Crippen molar-refractivity contribution < 1.29 is 13.2 Å². The summed E-state index contributed by atoms with van der Waals surface area (Å²) in [5.41, 5.74) is 3.67. The molecule has 1 aromatic carbocycles. The SMILES string of the molecule is CN=C(NCCc1c(C)[nH]c2ccccc12)N1CCN(S(=O)(=O)CCOC(C)C)CC1. The average Bonchev–Trinajstić information content (AvgIpc) is 3.06. The zero-order valence-electron chi connectivity index (χ0n) is 19.0. The molecule has 3 rings (SSSR count). The van der Waals surface area contributed by atoms with Crippen LogP contribution in [0.3, 0.4) is 0 Å². The number of aliphatic imine (C=N–C) groups is 1. The molecular weight excluding hydrogens is 414 g/mol. The number of sulfonamides is 1. The van der Waals surface area contributed by atoms with Crippen LogP contribution in [0.25, 0.3) is 10.9 Å². The molecule has 9 heteroatoms. The summed E-state index contributed by atoms with van der Waals surface area (Å²) < 4.78 is 32.0. The van der Waals surface area contributed by atoms with Crippen LogP contribution in [0.4, 0.5) is 0 Å². The maximum absolute atomic E-state index is 12.5. The minimum Gasteiger partial charge on any atom is -0.378 e. The molecule has 172 valence electrons. The Hall–Kier alpha value is -2.10. The van der Waals surface area contributed by atoms with Gasteiger partial charge in [0.1, 0.15) is 0 Å². The zero-order valence-corrected chi connectivity index (χ0v) is 19.8. The largest absolute Gasteiger partial charge is 0.378 e. The second kappa shape index (κ2) is 10.5. The summed E-state index contributed by atoms with van der Waals surface area (Å²) in [6.07, 6.45) is 0.925. The van der Waals surface area contributed by atoms with E-state index in [9.17, 15) is 8.42 Å². The number of nitrogens with zero attached hydrogens (tertiary/aromatic N) is 3. The third-order valence-electron chi connectivity index (χ3n) is 5.62. The fourth-order valence-corrected chi connectivity index (χ4v) is 5.27. The van der Waals surface area contributed by atoms with Gasteiger partial charge in [0.25, 0.3) is 0 Å². The van der Waals surface area contributed by atoms with E-state index in [1.807, 2.05) is 19.9 Å². The third kappa shape index (κ3) is 5.99. The van der Waals surface area contributed by atoms with Crippen molar-refractivity contribution >= 4 is 26.9 Å². The summed E-state index contributed by atoms with van der Waals surface area (Å²) in [5, 5.41) is 4.70. The van der Waals surface area contributed by atoms with Crippen molar-refractivity contribution in [3.63, 3.8) is 0 Å². The van der Waals surface area contributed by atoms with Crippen molar-refractivity contribution in [1.82, 2.24) is 19.5 Å². The van der Waals surface area contributed by atoms with Gasteiger partial charge in [0.2, 0.25) is 10.0 Å². The highest BCUT2D eigenvalue weighted by Gasteiger charge is 2.28. The number of piperazine rings is 1. The van der Waals surface area contributed by atoms with E-state index in [1.54, 1.807) is 11.4 Å². The number of hydrogen-bond acceptors (Lipinski definition) is 4. The number of para-hydroxylation sites is 1. The Morgan fingerprint density at radius 1 is 1.23 bits per heavy atom. The van der Waals surface area contributed by atoms with E-state index >= 15 is 0 Å². The average molecular weight is 450 g/mol. The summed E-state index contributed by atoms with van der Waals surface area (Å²) >= 11 is 0. The number of rotatable bonds is 8. The van der Waals surface area contributed by atoms with Crippen LogP contribution in [0.1, 0.15) is 25.1 Å². The Labute approximate surface area is 185 Å². The molecule has 1 saturated heterocycles. The first-order valence-corrected chi connectivity index (χ1v) is 12.5. The number of guanidine groups is 1. The second-order valence-corrected chi connectivity index (χ2v) is 10.2. The molecule has 1 aliphatic rings. The predicted molar refractivity (Wildman–Crippen MR) is 126 cm³/mol. The molecule has 0 aliphatic carbocycles. The number of hydrogen-bond donors (Lipinski definition) is 2. The summed E-state index contributed by atoms with van der Waals surface area (Å²) in [5.74, 6) is 0.847. The molecule has 0 spiro atoms. The van der Waals surface area contributed by atoms with Crippen LogP contribution in [0.15, 0.2) is 29.3 Å². The summed E-state index contributed by atoms with van der Waals surface area (Å²) in [7, 11) is -1.52. The zero-order chi connectivity index (χ0) is 22.4. The molecule has 31 heavy (non-hydrogen) atoms. The molecule has 0 unspecified atom stereocenters. The predicted octanol–water partition coefficient (Wildman–Crippen LogP) is 1.97. The van der Waals surface area contributed by atoms with Gasteiger partial charge in [-0.15, -0.1) is 0 Å². The van der Waals surface area contributed by atoms with E-state index in [1.165, 1.54) is 16.6 Å². The fraction of sp³-hybridized carbons (Fsp3) is 0.591. The molecule has 0 atom stereocenters. The smallest absolute Gasteiger partial charge is 0.216 e. The first-order valence-electron chi connectivity index (χ1n) is 10.9. The van der Waals surface area contributed by atoms with Gasteiger partial charge in [-0.3, -0.25) is 4.99 Å². The number of aromatic amines is 1. The van der Waals surface area contributed by atoms with Gasteiger partial charge in [-0.05, 0) is 38.8 Å². The van der Waals surface area contributed by atoms with Gasteiger partial charge in [-0.2, -0.15) is 4.31 Å². The van der Waals surface area contributed by atoms with Crippen LogP contribution >= 0.6 is 0 Å². The third-order valence-corrected chi connectivity index (χ3v) is 7.46. The molecule has 0 radical (unpaired) electrons. The highest BCUT2D eigenvalue weighted by Crippen LogP contribution is 2.22. The number of nitrogens with one attached hydrogen (secondary N) is 2. The molecule has 0 amide bonds. The number of fused-ring (bicyclic) bond motifs is 1. The molecule has 8 nitrogen and oxygen atoms in total. The monoisotopic (exact) mass is 449 g/mol. The highest BCUT2D eigenvalue weighted by atomic mass is 32.2. The van der Waals surface area contributed by atoms with E-state index < -0.39 is 10.0 Å². The lowest BCUT2D eigenvalue weighted by atomic mass is 10.1. The Morgan fingerprint density at radius 2 is 1.94 bits per heavy atom. The van der Waals surface area contributed by atoms with E-state index in [-0.39, 0.29) is 18.5 Å². The van der Waals surface area contributed by atoms with E-state index in [0.717, 1.165) is 24.4 Å². The molecule has 2 heterocycles. The van der Waals surface area contributed by atoms with Crippen molar-refractivity contribution in [2.45, 2.75) is 33.3 Å². The van der Waals surface area contributed by atoms with Gasteiger partial charge in [0.15, 0.2) is 5.96 Å². The fourth-order valence-electron chi connectivity index (χ4n) is 3.98. The standard InChI is InChI=1S/C22H35N5O3S/c1-17(2)30-15-16-31(28,29)27-13-11-26(12-14-27)22(23-4)24-10-9-19-18(3)25-21-8-6-5-7-20(19)21/h5-8,17,25H,9-16H2,1-4H3,(H,23,24). The quantitative estimate of drug-likeness (QED) is 0.475. The second-order valence-electron chi connectivity index (χ2n) is 8.12. The van der Waals surface area contributed by atoms with Gasteiger partial charge in [-0.25, -0.2) is 8.42 Å². The number of aryl methyl sites for hydroxylation is 1. The number of H-pyrrole nitrogens is 1. The van der Waals surface area contributed by atoms with Crippen molar-refractivity contribution in [3.8, 4) is 0 Å². The van der Waals surface area contributed by atoms with Crippen molar-refractivity contribution in [3.05, 3.63) is 35.5 Å². The Bertz CT molecular complexity index is 992. The first kappa shape index (κ1) is 23.6. The molecule has 0 bridgehead atoms. The Balaban J connectivity index is 1.50. The Morgan fingerprint density at radius 3 is 2.61 bits per heavy atom. The van der Waals surface area contributed by atoms with Crippen LogP contribution in [0.2, 0.25) is 0 Å². The van der Waals surface area contributed by atoms with Crippen LogP contribution in [-0.2, 0) is 21.2 Å². The van der Waals surface area contributed by atoms with Gasteiger partial charge in [-0.1, -0.05) is 18.2 Å². The van der Waals surface area contributed by atoms with E-state index in [4.69, 9.17) is 4.74 Å². The van der Waals surface area contributed by atoms with Crippen molar-refractivity contribution in [1.29, 1.82) is 0 Å². The lowest BCUT2D eigenvalue weighted by Crippen LogP contribution is -2.54. The molecule has 1 aromatic heterocycles. The molecular formula is C22H35N5O3S. The minimum absolute atomic E-state index is 0.0299. The lowest BCUT2D eigenvalue weighted by Gasteiger charge is -2.35. The maximum atomic E-state index is 12.5. The topological polar surface area (TPSA) is 90.0 Å². The summed E-state index contributed by atoms with van der Waals surface area (Å²) in [6, 6.07) is 8.35. The minimum atomic E-state index is -3.29. The van der Waals surface area contributed by atoms with Gasteiger partial charge < -0.3 is 19.9 Å². The van der Waals surface area contributed by atoms with Crippen LogP contribution < -0.4 is 5.32 Å². The summed E-state index contributed by atoms with van der Waals surface area (Å²) in [6.45, 7) is 9.09. The lowest BCUT2D eigenvalue weighted by molar-refractivity contribution is 0.0904. The van der Waals surface area contributed by atoms with Crippen molar-refractivity contribution in [2.24, 2.45) is 4.99 Å². The van der Waals surface area contributed by atoms with Crippen LogP contribution in [0.5, 0.6) is 0 Å². The maximum Gasteiger partial charge on any atom is 0.216 e. The molecule has 2 aromatic rings. The normalized spacial score (nSPS) is 16.4. The molecule has 2 N–H and O–H groups in total. The molecule has 0 saturated carbocycles. The van der Waals surface area contributed by atoms with Crippen molar-refractivity contribution in [2.75, 3.05) is 52.1 Å². The number of ether oxygens (including phenoxy) is 1. The van der Waals surface area contributed by atoms with Gasteiger partial charge in [0, 0.05) is 56.4 Å². The molecule has 1 aliphatic heterocycles. The number of benzene rings is 1. The number of aromatic nitrogens is 1.